The fourth-order valence-corrected chi connectivity index (χ4v) is 2.71. The summed E-state index contributed by atoms with van der Waals surface area (Å²) in [5.74, 6) is -0.573. The maximum absolute atomic E-state index is 13.2. The summed E-state index contributed by atoms with van der Waals surface area (Å²) < 4.78 is 13.2. The van der Waals surface area contributed by atoms with Gasteiger partial charge in [0.15, 0.2) is 5.69 Å². The van der Waals surface area contributed by atoms with E-state index in [2.05, 4.69) is 15.3 Å². The molecule has 3 rings (SSSR count). The van der Waals surface area contributed by atoms with Crippen molar-refractivity contribution in [1.29, 1.82) is 0 Å². The Morgan fingerprint density at radius 2 is 1.96 bits per heavy atom. The van der Waals surface area contributed by atoms with Gasteiger partial charge in [0, 0.05) is 18.8 Å². The van der Waals surface area contributed by atoms with Gasteiger partial charge in [-0.3, -0.25) is 4.79 Å². The van der Waals surface area contributed by atoms with Crippen LogP contribution in [0.4, 0.5) is 16.0 Å². The topological polar surface area (TPSA) is 58.1 Å². The standard InChI is InChI=1S/C15H13Cl2FN4O/c16-10-7-9(3-4-12(10)18)20-14(23)13-11(17)8-19-15(21-13)22-5-1-2-6-22/h3-4,7-8H,1-2,5-6H2,(H,20,23). The van der Waals surface area contributed by atoms with E-state index in [9.17, 15) is 9.18 Å². The number of hydrogen-bond acceptors (Lipinski definition) is 4. The third kappa shape index (κ3) is 3.54. The molecule has 5 nitrogen and oxygen atoms in total. The molecule has 1 aromatic carbocycles. The first-order valence-electron chi connectivity index (χ1n) is 7.08. The maximum Gasteiger partial charge on any atom is 0.276 e. The Morgan fingerprint density at radius 3 is 2.65 bits per heavy atom. The number of benzene rings is 1. The average molecular weight is 355 g/mol. The Kier molecular flexibility index (Phi) is 4.63. The molecular weight excluding hydrogens is 342 g/mol. The minimum atomic E-state index is -0.555. The van der Waals surface area contributed by atoms with E-state index in [1.54, 1.807) is 0 Å². The van der Waals surface area contributed by atoms with Gasteiger partial charge in [0.2, 0.25) is 5.95 Å². The minimum absolute atomic E-state index is 0.0732. The molecule has 0 aliphatic carbocycles. The van der Waals surface area contributed by atoms with Crippen LogP contribution < -0.4 is 10.2 Å². The molecule has 0 unspecified atom stereocenters. The molecule has 1 aliphatic heterocycles. The van der Waals surface area contributed by atoms with Crippen molar-refractivity contribution >= 4 is 40.7 Å². The molecule has 0 bridgehead atoms. The molecule has 1 aliphatic rings. The summed E-state index contributed by atoms with van der Waals surface area (Å²) in [5, 5.41) is 2.68. The SMILES string of the molecule is O=C(Nc1ccc(F)c(Cl)c1)c1nc(N2CCCC2)ncc1Cl. The summed E-state index contributed by atoms with van der Waals surface area (Å²) in [6, 6.07) is 3.91. The molecular formula is C15H13Cl2FN4O. The third-order valence-corrected chi connectivity index (χ3v) is 4.08. The fourth-order valence-electron chi connectivity index (χ4n) is 2.35. The smallest absolute Gasteiger partial charge is 0.276 e. The molecule has 1 aromatic heterocycles. The van der Waals surface area contributed by atoms with Gasteiger partial charge >= 0.3 is 0 Å². The molecule has 2 heterocycles. The van der Waals surface area contributed by atoms with Gasteiger partial charge in [-0.25, -0.2) is 14.4 Å². The van der Waals surface area contributed by atoms with Crippen LogP contribution in [-0.2, 0) is 0 Å². The summed E-state index contributed by atoms with van der Waals surface area (Å²) in [5.41, 5.74) is 0.433. The molecule has 2 aromatic rings. The lowest BCUT2D eigenvalue weighted by molar-refractivity contribution is 0.102. The zero-order valence-electron chi connectivity index (χ0n) is 12.0. The number of carbonyl (C=O) groups is 1. The fraction of sp³-hybridized carbons (Fsp3) is 0.267. The van der Waals surface area contributed by atoms with Crippen LogP contribution in [0.15, 0.2) is 24.4 Å². The number of rotatable bonds is 3. The molecule has 1 saturated heterocycles. The summed E-state index contributed by atoms with van der Waals surface area (Å²) in [6.45, 7) is 1.71. The van der Waals surface area contributed by atoms with Crippen molar-refractivity contribution in [1.82, 2.24) is 9.97 Å². The van der Waals surface area contributed by atoms with E-state index in [1.165, 1.54) is 24.4 Å². The Bertz CT molecular complexity index is 750. The quantitative estimate of drug-likeness (QED) is 0.911. The second kappa shape index (κ2) is 6.68. The summed E-state index contributed by atoms with van der Waals surface area (Å²) in [4.78, 5) is 22.8. The van der Waals surface area contributed by atoms with Crippen molar-refractivity contribution in [2.24, 2.45) is 0 Å². The van der Waals surface area contributed by atoms with E-state index in [1.807, 2.05) is 4.90 Å². The van der Waals surface area contributed by atoms with Gasteiger partial charge in [-0.15, -0.1) is 0 Å². The van der Waals surface area contributed by atoms with Gasteiger partial charge in [-0.05, 0) is 31.0 Å². The molecule has 1 fully saturated rings. The number of carbonyl (C=O) groups excluding carboxylic acids is 1. The molecule has 0 spiro atoms. The molecule has 120 valence electrons. The maximum atomic E-state index is 13.2. The molecule has 8 heteroatoms. The molecule has 1 N–H and O–H groups in total. The van der Waals surface area contributed by atoms with E-state index < -0.39 is 11.7 Å². The number of nitrogens with one attached hydrogen (secondary N) is 1. The van der Waals surface area contributed by atoms with Gasteiger partial charge in [-0.2, -0.15) is 0 Å². The first-order valence-corrected chi connectivity index (χ1v) is 7.84. The molecule has 0 atom stereocenters. The highest BCUT2D eigenvalue weighted by Crippen LogP contribution is 2.23. The van der Waals surface area contributed by atoms with Crippen molar-refractivity contribution in [2.75, 3.05) is 23.3 Å². The predicted molar refractivity (Wildman–Crippen MR) is 87.9 cm³/mol. The Balaban J connectivity index is 1.83. The number of aromatic nitrogens is 2. The number of amides is 1. The lowest BCUT2D eigenvalue weighted by atomic mass is 10.3. The third-order valence-electron chi connectivity index (χ3n) is 3.51. The van der Waals surface area contributed by atoms with Crippen LogP contribution in [0.1, 0.15) is 23.3 Å². The number of anilines is 2. The van der Waals surface area contributed by atoms with Gasteiger partial charge in [-0.1, -0.05) is 23.2 Å². The lowest BCUT2D eigenvalue weighted by Gasteiger charge is -2.16. The monoisotopic (exact) mass is 354 g/mol. The number of halogens is 3. The van der Waals surface area contributed by atoms with E-state index in [4.69, 9.17) is 23.2 Å². The van der Waals surface area contributed by atoms with E-state index in [0.717, 1.165) is 25.9 Å². The van der Waals surface area contributed by atoms with Crippen molar-refractivity contribution in [3.8, 4) is 0 Å². The average Bonchev–Trinajstić information content (AvgIpc) is 3.06. The lowest BCUT2D eigenvalue weighted by Crippen LogP contribution is -2.23. The van der Waals surface area contributed by atoms with Crippen LogP contribution in [0.25, 0.3) is 0 Å². The van der Waals surface area contributed by atoms with Crippen molar-refractivity contribution in [3.63, 3.8) is 0 Å². The highest BCUT2D eigenvalue weighted by Gasteiger charge is 2.20. The molecule has 1 amide bonds. The minimum Gasteiger partial charge on any atom is -0.341 e. The summed E-state index contributed by atoms with van der Waals surface area (Å²) in [7, 11) is 0. The zero-order valence-corrected chi connectivity index (χ0v) is 13.5. The summed E-state index contributed by atoms with van der Waals surface area (Å²) >= 11 is 11.7. The second-order valence-electron chi connectivity index (χ2n) is 5.14. The van der Waals surface area contributed by atoms with E-state index >= 15 is 0 Å². The Morgan fingerprint density at radius 1 is 1.22 bits per heavy atom. The number of hydrogen-bond donors (Lipinski definition) is 1. The first-order chi connectivity index (χ1) is 11.0. The van der Waals surface area contributed by atoms with E-state index in [0.29, 0.717) is 11.6 Å². The largest absolute Gasteiger partial charge is 0.341 e. The van der Waals surface area contributed by atoms with Crippen molar-refractivity contribution < 1.29 is 9.18 Å². The molecule has 23 heavy (non-hydrogen) atoms. The predicted octanol–water partition coefficient (Wildman–Crippen LogP) is 3.78. The first kappa shape index (κ1) is 16.0. The van der Waals surface area contributed by atoms with Gasteiger partial charge in [0.25, 0.3) is 5.91 Å². The van der Waals surface area contributed by atoms with Crippen molar-refractivity contribution in [3.05, 3.63) is 46.0 Å². The van der Waals surface area contributed by atoms with Crippen LogP contribution in [0.3, 0.4) is 0 Å². The van der Waals surface area contributed by atoms with Crippen LogP contribution in [0, 0.1) is 5.82 Å². The molecule has 0 saturated carbocycles. The number of nitrogens with zero attached hydrogens (tertiary/aromatic N) is 3. The van der Waals surface area contributed by atoms with Crippen LogP contribution in [0.2, 0.25) is 10.0 Å². The van der Waals surface area contributed by atoms with Gasteiger partial charge < -0.3 is 10.2 Å². The highest BCUT2D eigenvalue weighted by atomic mass is 35.5. The molecule has 0 radical (unpaired) electrons. The Hall–Kier alpha value is -1.92. The van der Waals surface area contributed by atoms with Crippen LogP contribution in [-0.4, -0.2) is 29.0 Å². The van der Waals surface area contributed by atoms with E-state index in [-0.39, 0.29) is 15.7 Å². The second-order valence-corrected chi connectivity index (χ2v) is 5.96. The highest BCUT2D eigenvalue weighted by molar-refractivity contribution is 6.34. The normalized spacial score (nSPS) is 14.1. The Labute approximate surface area is 142 Å². The van der Waals surface area contributed by atoms with Gasteiger partial charge in [0.05, 0.1) is 16.2 Å². The van der Waals surface area contributed by atoms with Crippen LogP contribution >= 0.6 is 23.2 Å². The van der Waals surface area contributed by atoms with Crippen LogP contribution in [0.5, 0.6) is 0 Å². The summed E-state index contributed by atoms with van der Waals surface area (Å²) in [6.07, 6.45) is 3.55. The van der Waals surface area contributed by atoms with Gasteiger partial charge in [0.1, 0.15) is 5.82 Å². The zero-order chi connectivity index (χ0) is 16.4. The van der Waals surface area contributed by atoms with Crippen molar-refractivity contribution in [2.45, 2.75) is 12.8 Å².